The van der Waals surface area contributed by atoms with E-state index in [4.69, 9.17) is 5.26 Å². The van der Waals surface area contributed by atoms with Gasteiger partial charge in [-0.25, -0.2) is 12.8 Å². The van der Waals surface area contributed by atoms with Crippen LogP contribution in [0, 0.1) is 31.0 Å². The molecule has 0 spiro atoms. The van der Waals surface area contributed by atoms with Crippen molar-refractivity contribution in [1.29, 1.82) is 5.26 Å². The second-order valence-electron chi connectivity index (χ2n) is 4.60. The maximum absolute atomic E-state index is 13.2. The number of rotatable bonds is 4. The van der Waals surface area contributed by atoms with Crippen LogP contribution in [0.4, 0.5) is 4.39 Å². The lowest BCUT2D eigenvalue weighted by molar-refractivity contribution is 0.392. The summed E-state index contributed by atoms with van der Waals surface area (Å²) in [5.74, 6) is -0.457. The van der Waals surface area contributed by atoms with Gasteiger partial charge in [-0.2, -0.15) is 9.57 Å². The second-order valence-corrected chi connectivity index (χ2v) is 6.54. The molecule has 0 heterocycles. The summed E-state index contributed by atoms with van der Waals surface area (Å²) in [5, 5.41) is 8.65. The van der Waals surface area contributed by atoms with Gasteiger partial charge >= 0.3 is 0 Å². The first-order valence-corrected chi connectivity index (χ1v) is 7.27. The third kappa shape index (κ3) is 3.11. The molecule has 0 amide bonds. The molecule has 1 unspecified atom stereocenters. The first-order valence-electron chi connectivity index (χ1n) is 5.83. The van der Waals surface area contributed by atoms with Gasteiger partial charge in [0.05, 0.1) is 17.4 Å². The molecular weight excluding hydrogens is 267 g/mol. The average molecular weight is 284 g/mol. The highest BCUT2D eigenvalue weighted by atomic mass is 32.2. The molecule has 104 valence electrons. The van der Waals surface area contributed by atoms with E-state index in [1.165, 1.54) is 19.2 Å². The van der Waals surface area contributed by atoms with E-state index in [9.17, 15) is 12.8 Å². The summed E-state index contributed by atoms with van der Waals surface area (Å²) in [5.41, 5.74) is 0.738. The van der Waals surface area contributed by atoms with Crippen LogP contribution in [0.3, 0.4) is 0 Å². The zero-order valence-electron chi connectivity index (χ0n) is 11.4. The summed E-state index contributed by atoms with van der Waals surface area (Å²) in [6.45, 7) is 4.78. The van der Waals surface area contributed by atoms with E-state index in [0.717, 1.165) is 4.31 Å². The van der Waals surface area contributed by atoms with Gasteiger partial charge in [0.15, 0.2) is 0 Å². The van der Waals surface area contributed by atoms with E-state index in [2.05, 4.69) is 0 Å². The monoisotopic (exact) mass is 284 g/mol. The van der Waals surface area contributed by atoms with Crippen LogP contribution >= 0.6 is 0 Å². The number of halogens is 1. The number of nitrogens with zero attached hydrogens (tertiary/aromatic N) is 2. The van der Waals surface area contributed by atoms with Gasteiger partial charge in [0.25, 0.3) is 0 Å². The van der Waals surface area contributed by atoms with Gasteiger partial charge in [0, 0.05) is 13.1 Å². The predicted molar refractivity (Wildman–Crippen MR) is 70.5 cm³/mol. The maximum Gasteiger partial charge on any atom is 0.243 e. The Morgan fingerprint density at radius 2 is 1.84 bits per heavy atom. The Balaban J connectivity index is 3.33. The lowest BCUT2D eigenvalue weighted by Gasteiger charge is -2.24. The second kappa shape index (κ2) is 5.68. The average Bonchev–Trinajstić information content (AvgIpc) is 2.26. The number of hydrogen-bond acceptors (Lipinski definition) is 3. The Morgan fingerprint density at radius 1 is 1.37 bits per heavy atom. The summed E-state index contributed by atoms with van der Waals surface area (Å²) in [6, 6.07) is 3.91. The molecule has 4 nitrogen and oxygen atoms in total. The van der Waals surface area contributed by atoms with Crippen molar-refractivity contribution in [2.75, 3.05) is 7.05 Å². The fraction of sp³-hybridized carbons (Fsp3) is 0.462. The molecule has 0 aliphatic carbocycles. The van der Waals surface area contributed by atoms with Gasteiger partial charge in [-0.05, 0) is 44.0 Å². The van der Waals surface area contributed by atoms with Crippen molar-refractivity contribution < 1.29 is 12.8 Å². The summed E-state index contributed by atoms with van der Waals surface area (Å²) in [4.78, 5) is 0.112. The minimum atomic E-state index is -3.72. The lowest BCUT2D eigenvalue weighted by Crippen LogP contribution is -2.35. The Hall–Kier alpha value is -1.45. The van der Waals surface area contributed by atoms with Crippen molar-refractivity contribution in [3.8, 4) is 6.07 Å². The van der Waals surface area contributed by atoms with E-state index < -0.39 is 21.9 Å². The van der Waals surface area contributed by atoms with Crippen LogP contribution in [0.15, 0.2) is 17.0 Å². The molecule has 0 fully saturated rings. The smallest absolute Gasteiger partial charge is 0.207 e. The molecule has 1 aromatic carbocycles. The summed E-state index contributed by atoms with van der Waals surface area (Å²) in [7, 11) is -2.29. The topological polar surface area (TPSA) is 61.2 Å². The Labute approximate surface area is 113 Å². The summed E-state index contributed by atoms with van der Waals surface area (Å²) >= 11 is 0. The molecular formula is C13H17FN2O2S. The standard InChI is InChI=1S/C13H17FN2O2S/c1-9-7-12(14)8-10(2)13(9)19(17,18)16(4)11(3)5-6-15/h7-8,11H,5H2,1-4H3. The van der Waals surface area contributed by atoms with Crippen molar-refractivity contribution in [2.45, 2.75) is 38.1 Å². The highest BCUT2D eigenvalue weighted by Gasteiger charge is 2.28. The zero-order valence-corrected chi connectivity index (χ0v) is 12.3. The molecule has 1 rings (SSSR count). The van der Waals surface area contributed by atoms with Crippen molar-refractivity contribution >= 4 is 10.0 Å². The Kier molecular flexibility index (Phi) is 4.66. The molecule has 0 radical (unpaired) electrons. The number of hydrogen-bond donors (Lipinski definition) is 0. The number of benzene rings is 1. The largest absolute Gasteiger partial charge is 0.243 e. The predicted octanol–water partition coefficient (Wildman–Crippen LogP) is 2.37. The molecule has 1 atom stereocenters. The molecule has 0 aliphatic heterocycles. The molecule has 0 saturated carbocycles. The van der Waals surface area contributed by atoms with E-state index in [-0.39, 0.29) is 11.3 Å². The van der Waals surface area contributed by atoms with Gasteiger partial charge in [-0.3, -0.25) is 0 Å². The van der Waals surface area contributed by atoms with E-state index >= 15 is 0 Å². The van der Waals surface area contributed by atoms with Gasteiger partial charge < -0.3 is 0 Å². The quantitative estimate of drug-likeness (QED) is 0.852. The molecule has 1 aromatic rings. The number of sulfonamides is 1. The molecule has 0 aliphatic rings. The van der Waals surface area contributed by atoms with Crippen LogP contribution in [0.1, 0.15) is 24.5 Å². The van der Waals surface area contributed by atoms with E-state index in [0.29, 0.717) is 11.1 Å². The van der Waals surface area contributed by atoms with Crippen LogP contribution in [0.25, 0.3) is 0 Å². The van der Waals surface area contributed by atoms with Crippen molar-refractivity contribution in [3.63, 3.8) is 0 Å². The molecule has 0 N–H and O–H groups in total. The van der Waals surface area contributed by atoms with Crippen molar-refractivity contribution in [3.05, 3.63) is 29.1 Å². The summed E-state index contributed by atoms with van der Waals surface area (Å²) in [6.07, 6.45) is 0.106. The van der Waals surface area contributed by atoms with Gasteiger partial charge in [0.1, 0.15) is 5.82 Å². The minimum absolute atomic E-state index is 0.106. The van der Waals surface area contributed by atoms with Gasteiger partial charge in [-0.15, -0.1) is 0 Å². The van der Waals surface area contributed by atoms with Crippen LogP contribution in [0.5, 0.6) is 0 Å². The zero-order chi connectivity index (χ0) is 14.8. The SMILES string of the molecule is Cc1cc(F)cc(C)c1S(=O)(=O)N(C)C(C)CC#N. The third-order valence-corrected chi connectivity index (χ3v) is 5.35. The number of nitriles is 1. The highest BCUT2D eigenvalue weighted by molar-refractivity contribution is 7.89. The summed E-state index contributed by atoms with van der Waals surface area (Å²) < 4.78 is 39.4. The fourth-order valence-electron chi connectivity index (χ4n) is 1.95. The Morgan fingerprint density at radius 3 is 2.26 bits per heavy atom. The van der Waals surface area contributed by atoms with E-state index in [1.54, 1.807) is 20.8 Å². The highest BCUT2D eigenvalue weighted by Crippen LogP contribution is 2.25. The first kappa shape index (κ1) is 15.6. The molecule has 0 bridgehead atoms. The van der Waals surface area contributed by atoms with Crippen molar-refractivity contribution in [1.82, 2.24) is 4.31 Å². The van der Waals surface area contributed by atoms with Gasteiger partial charge in [0.2, 0.25) is 10.0 Å². The van der Waals surface area contributed by atoms with E-state index in [1.807, 2.05) is 6.07 Å². The number of aryl methyl sites for hydroxylation is 2. The van der Waals surface area contributed by atoms with Crippen LogP contribution < -0.4 is 0 Å². The first-order chi connectivity index (χ1) is 8.71. The minimum Gasteiger partial charge on any atom is -0.207 e. The van der Waals surface area contributed by atoms with Crippen LogP contribution in [-0.4, -0.2) is 25.8 Å². The van der Waals surface area contributed by atoms with Crippen molar-refractivity contribution in [2.24, 2.45) is 0 Å². The Bertz CT molecular complexity index is 597. The molecule has 6 heteroatoms. The lowest BCUT2D eigenvalue weighted by atomic mass is 10.1. The van der Waals surface area contributed by atoms with Crippen LogP contribution in [-0.2, 0) is 10.0 Å². The third-order valence-electron chi connectivity index (χ3n) is 3.07. The molecule has 19 heavy (non-hydrogen) atoms. The van der Waals surface area contributed by atoms with Gasteiger partial charge in [-0.1, -0.05) is 0 Å². The molecule has 0 aromatic heterocycles. The normalized spacial score (nSPS) is 13.3. The fourth-order valence-corrected chi connectivity index (χ4v) is 3.71. The van der Waals surface area contributed by atoms with Crippen LogP contribution in [0.2, 0.25) is 0 Å². The molecule has 0 saturated heterocycles. The maximum atomic E-state index is 13.2.